The van der Waals surface area contributed by atoms with Crippen molar-refractivity contribution in [2.45, 2.75) is 6.42 Å². The van der Waals surface area contributed by atoms with Gasteiger partial charge >= 0.3 is 5.97 Å². The number of hydrogen-bond donors (Lipinski definition) is 0. The van der Waals surface area contributed by atoms with Gasteiger partial charge in [-0.1, -0.05) is 24.3 Å². The van der Waals surface area contributed by atoms with E-state index in [1.807, 2.05) is 30.3 Å². The summed E-state index contributed by atoms with van der Waals surface area (Å²) in [6.45, 7) is 0. The van der Waals surface area contributed by atoms with Crippen LogP contribution in [0.3, 0.4) is 0 Å². The number of ether oxygens (including phenoxy) is 2. The van der Waals surface area contributed by atoms with Crippen molar-refractivity contribution in [1.82, 2.24) is 0 Å². The molecule has 0 unspecified atom stereocenters. The Bertz CT molecular complexity index is 623. The molecule has 0 N–H and O–H groups in total. The van der Waals surface area contributed by atoms with E-state index in [2.05, 4.69) is 0 Å². The van der Waals surface area contributed by atoms with Crippen LogP contribution in [0.5, 0.6) is 11.5 Å². The van der Waals surface area contributed by atoms with Gasteiger partial charge in [0.25, 0.3) is 0 Å². The monoisotopic (exact) mass is 279 g/mol. The van der Waals surface area contributed by atoms with E-state index in [9.17, 15) is 4.79 Å². The molecule has 3 nitrogen and oxygen atoms in total. The van der Waals surface area contributed by atoms with Crippen LogP contribution in [0, 0.1) is 0 Å². The van der Waals surface area contributed by atoms with Crippen LogP contribution in [0.25, 0.3) is 0 Å². The minimum absolute atomic E-state index is 0. The molecule has 4 heteroatoms. The van der Waals surface area contributed by atoms with Crippen LogP contribution in [0.2, 0.25) is 0 Å². The van der Waals surface area contributed by atoms with E-state index in [0.29, 0.717) is 12.0 Å². The molecule has 1 aliphatic rings. The van der Waals surface area contributed by atoms with Crippen LogP contribution in [-0.4, -0.2) is 64.5 Å². The number of esters is 1. The summed E-state index contributed by atoms with van der Waals surface area (Å²) in [4.78, 5) is 11.7. The number of hydrogen-bond acceptors (Lipinski definition) is 3. The Labute approximate surface area is 154 Å². The quantitative estimate of drug-likeness (QED) is 0.507. The Kier molecular flexibility index (Phi) is 4.81. The fraction of sp³-hybridized carbons (Fsp3) is 0.133. The average molecular weight is 279 g/mol. The third-order valence-corrected chi connectivity index (χ3v) is 3.10. The predicted molar refractivity (Wildman–Crippen MR) is 72.9 cm³/mol. The Hall–Kier alpha value is -0.654. The third kappa shape index (κ3) is 2.78. The zero-order chi connectivity index (χ0) is 12.5. The minimum Gasteiger partial charge on any atom is -0.465 e. The minimum atomic E-state index is -0.324. The maximum atomic E-state index is 11.7. The van der Waals surface area contributed by atoms with Gasteiger partial charge in [0.15, 0.2) is 0 Å². The van der Waals surface area contributed by atoms with E-state index in [0.717, 1.165) is 22.6 Å². The molecule has 0 saturated heterocycles. The number of carbonyl (C=O) groups excluding carboxylic acids is 1. The second kappa shape index (κ2) is 6.20. The first-order valence-corrected chi connectivity index (χ1v) is 5.75. The summed E-state index contributed by atoms with van der Waals surface area (Å²) in [7, 11) is 1.39. The van der Waals surface area contributed by atoms with Crippen LogP contribution in [0.1, 0.15) is 21.5 Å². The maximum Gasteiger partial charge on any atom is 0.338 e. The molecular formula is C15H12KO3. The zero-order valence-electron chi connectivity index (χ0n) is 11.0. The van der Waals surface area contributed by atoms with E-state index < -0.39 is 0 Å². The molecule has 0 atom stereocenters. The van der Waals surface area contributed by atoms with Gasteiger partial charge < -0.3 is 9.47 Å². The standard InChI is InChI=1S/C15H12O3.K/c1-17-15(16)11-6-4-8-14-12(11)9-10-5-2-3-7-13(10)18-14;/h2-8H,9H2,1H3;. The number of fused-ring (bicyclic) bond motifs is 2. The molecule has 3 rings (SSSR count). The summed E-state index contributed by atoms with van der Waals surface area (Å²) in [5, 5.41) is 0. The van der Waals surface area contributed by atoms with E-state index >= 15 is 0 Å². The number of methoxy groups -OCH3 is 1. The molecule has 0 fully saturated rings. The summed E-state index contributed by atoms with van der Waals surface area (Å²) in [5.41, 5.74) is 2.55. The van der Waals surface area contributed by atoms with Crippen LogP contribution in [0.4, 0.5) is 0 Å². The van der Waals surface area contributed by atoms with Crippen molar-refractivity contribution in [2.75, 3.05) is 7.11 Å². The largest absolute Gasteiger partial charge is 0.465 e. The van der Waals surface area contributed by atoms with Gasteiger partial charge in [0.2, 0.25) is 0 Å². The summed E-state index contributed by atoms with van der Waals surface area (Å²) >= 11 is 0. The third-order valence-electron chi connectivity index (χ3n) is 3.10. The SMILES string of the molecule is COC(=O)c1cccc2c1Cc1ccccc1O2.[K]. The first-order valence-electron chi connectivity index (χ1n) is 5.75. The first-order chi connectivity index (χ1) is 8.79. The van der Waals surface area contributed by atoms with E-state index in [4.69, 9.17) is 9.47 Å². The molecule has 0 aliphatic carbocycles. The van der Waals surface area contributed by atoms with Crippen molar-refractivity contribution in [3.8, 4) is 11.5 Å². The predicted octanol–water partition coefficient (Wildman–Crippen LogP) is 2.79. The average Bonchev–Trinajstić information content (AvgIpc) is 2.43. The van der Waals surface area contributed by atoms with E-state index in [1.165, 1.54) is 7.11 Å². The molecular weight excluding hydrogens is 267 g/mol. The Balaban J connectivity index is 0.00000133. The molecule has 2 aromatic rings. The van der Waals surface area contributed by atoms with Crippen molar-refractivity contribution in [3.05, 3.63) is 59.2 Å². The van der Waals surface area contributed by atoms with Crippen LogP contribution >= 0.6 is 0 Å². The molecule has 1 radical (unpaired) electrons. The van der Waals surface area contributed by atoms with Crippen molar-refractivity contribution in [3.63, 3.8) is 0 Å². The zero-order valence-corrected chi connectivity index (χ0v) is 14.1. The Morgan fingerprint density at radius 1 is 1.11 bits per heavy atom. The van der Waals surface area contributed by atoms with Crippen LogP contribution in [0.15, 0.2) is 42.5 Å². The van der Waals surface area contributed by atoms with Crippen molar-refractivity contribution < 1.29 is 14.3 Å². The summed E-state index contributed by atoms with van der Waals surface area (Å²) in [5.74, 6) is 1.26. The second-order valence-corrected chi connectivity index (χ2v) is 4.16. The normalized spacial score (nSPS) is 11.4. The van der Waals surface area contributed by atoms with E-state index in [1.54, 1.807) is 12.1 Å². The van der Waals surface area contributed by atoms with Crippen molar-refractivity contribution in [2.24, 2.45) is 0 Å². The Morgan fingerprint density at radius 3 is 2.63 bits per heavy atom. The van der Waals surface area contributed by atoms with Crippen LogP contribution < -0.4 is 4.74 Å². The van der Waals surface area contributed by atoms with Gasteiger partial charge in [-0.25, -0.2) is 4.79 Å². The molecule has 0 bridgehead atoms. The molecule has 1 heterocycles. The second-order valence-electron chi connectivity index (χ2n) is 4.16. The number of carbonyl (C=O) groups is 1. The van der Waals surface area contributed by atoms with Gasteiger partial charge in [0.1, 0.15) is 11.5 Å². The maximum absolute atomic E-state index is 11.7. The summed E-state index contributed by atoms with van der Waals surface area (Å²) < 4.78 is 10.6. The van der Waals surface area contributed by atoms with Gasteiger partial charge in [-0.05, 0) is 23.8 Å². The fourth-order valence-electron chi connectivity index (χ4n) is 2.20. The number of para-hydroxylation sites is 1. The van der Waals surface area contributed by atoms with Gasteiger partial charge in [-0.2, -0.15) is 0 Å². The molecule has 19 heavy (non-hydrogen) atoms. The van der Waals surface area contributed by atoms with Gasteiger partial charge in [0, 0.05) is 63.4 Å². The molecule has 1 aliphatic heterocycles. The van der Waals surface area contributed by atoms with Gasteiger partial charge in [-0.15, -0.1) is 0 Å². The van der Waals surface area contributed by atoms with Gasteiger partial charge in [0.05, 0.1) is 12.7 Å². The van der Waals surface area contributed by atoms with Crippen molar-refractivity contribution >= 4 is 57.4 Å². The first kappa shape index (κ1) is 14.7. The molecule has 0 amide bonds. The summed E-state index contributed by atoms with van der Waals surface area (Å²) in [6.07, 6.45) is 0.691. The molecule has 91 valence electrons. The molecule has 0 spiro atoms. The summed E-state index contributed by atoms with van der Waals surface area (Å²) in [6, 6.07) is 13.3. The molecule has 0 aromatic heterocycles. The topological polar surface area (TPSA) is 35.5 Å². The molecule has 0 saturated carbocycles. The van der Waals surface area contributed by atoms with Crippen LogP contribution in [-0.2, 0) is 11.2 Å². The number of benzene rings is 2. The van der Waals surface area contributed by atoms with E-state index in [-0.39, 0.29) is 57.4 Å². The smallest absolute Gasteiger partial charge is 0.338 e. The van der Waals surface area contributed by atoms with Crippen molar-refractivity contribution in [1.29, 1.82) is 0 Å². The fourth-order valence-corrected chi connectivity index (χ4v) is 2.20. The van der Waals surface area contributed by atoms with Gasteiger partial charge in [-0.3, -0.25) is 0 Å². The Morgan fingerprint density at radius 2 is 1.84 bits per heavy atom. The number of rotatable bonds is 1. The molecule has 2 aromatic carbocycles.